The summed E-state index contributed by atoms with van der Waals surface area (Å²) in [6, 6.07) is 6.90. The van der Waals surface area contributed by atoms with Gasteiger partial charge in [0, 0.05) is 24.6 Å². The van der Waals surface area contributed by atoms with Crippen molar-refractivity contribution in [2.75, 3.05) is 6.54 Å². The number of nitrogens with zero attached hydrogens (tertiary/aromatic N) is 2. The molecule has 1 saturated carbocycles. The van der Waals surface area contributed by atoms with Gasteiger partial charge in [-0.1, -0.05) is 13.0 Å². The summed E-state index contributed by atoms with van der Waals surface area (Å²) in [6.07, 6.45) is 9.05. The molecule has 0 saturated heterocycles. The van der Waals surface area contributed by atoms with Gasteiger partial charge in [-0.3, -0.25) is 4.98 Å². The van der Waals surface area contributed by atoms with Gasteiger partial charge in [-0.25, -0.2) is 0 Å². The van der Waals surface area contributed by atoms with E-state index in [9.17, 15) is 0 Å². The first kappa shape index (κ1) is 13.4. The van der Waals surface area contributed by atoms with E-state index in [1.54, 1.807) is 0 Å². The van der Waals surface area contributed by atoms with Gasteiger partial charge in [0.15, 0.2) is 0 Å². The monoisotopic (exact) mass is 269 g/mol. The first-order valence-corrected chi connectivity index (χ1v) is 7.57. The Labute approximate surface area is 121 Å². The Bertz CT molecular complexity index is 569. The number of aromatic nitrogens is 2. The fourth-order valence-electron chi connectivity index (χ4n) is 2.80. The number of aryl methyl sites for hydroxylation is 1. The van der Waals surface area contributed by atoms with Crippen LogP contribution in [0.3, 0.4) is 0 Å². The van der Waals surface area contributed by atoms with Gasteiger partial charge >= 0.3 is 0 Å². The number of hydrogen-bond acceptors (Lipinski definition) is 2. The van der Waals surface area contributed by atoms with Crippen molar-refractivity contribution in [3.63, 3.8) is 0 Å². The van der Waals surface area contributed by atoms with Gasteiger partial charge in [0.1, 0.15) is 0 Å². The Kier molecular flexibility index (Phi) is 3.88. The molecule has 0 aromatic carbocycles. The van der Waals surface area contributed by atoms with Crippen molar-refractivity contribution in [3.8, 4) is 0 Å². The Morgan fingerprint density at radius 1 is 1.40 bits per heavy atom. The lowest BCUT2D eigenvalue weighted by atomic mass is 10.1. The molecule has 2 aromatic rings. The molecule has 0 bridgehead atoms. The summed E-state index contributed by atoms with van der Waals surface area (Å²) in [4.78, 5) is 4.47. The van der Waals surface area contributed by atoms with Gasteiger partial charge in [-0.15, -0.1) is 0 Å². The van der Waals surface area contributed by atoms with Gasteiger partial charge in [-0.2, -0.15) is 0 Å². The molecule has 1 atom stereocenters. The molecular formula is C17H23N3. The third-order valence-electron chi connectivity index (χ3n) is 4.10. The number of hydrogen-bond donors (Lipinski definition) is 1. The molecule has 2 aromatic heterocycles. The second-order valence-electron chi connectivity index (χ2n) is 5.76. The summed E-state index contributed by atoms with van der Waals surface area (Å²) in [5, 5.41) is 3.62. The van der Waals surface area contributed by atoms with Crippen molar-refractivity contribution in [1.82, 2.24) is 14.9 Å². The average molecular weight is 269 g/mol. The zero-order valence-corrected chi connectivity index (χ0v) is 12.3. The van der Waals surface area contributed by atoms with Crippen molar-refractivity contribution in [1.29, 1.82) is 0 Å². The third-order valence-corrected chi connectivity index (χ3v) is 4.10. The SMILES string of the molecule is CCNC(c1ccn(Cc2ncccc2C)c1)C1CC1. The minimum absolute atomic E-state index is 0.533. The van der Waals surface area contributed by atoms with E-state index >= 15 is 0 Å². The molecule has 0 amide bonds. The number of pyridine rings is 1. The van der Waals surface area contributed by atoms with Crippen LogP contribution in [0.5, 0.6) is 0 Å². The molecule has 1 aliphatic carbocycles. The van der Waals surface area contributed by atoms with Crippen LogP contribution < -0.4 is 5.32 Å². The van der Waals surface area contributed by atoms with Crippen LogP contribution in [0, 0.1) is 12.8 Å². The average Bonchev–Trinajstić information content (AvgIpc) is 3.18. The summed E-state index contributed by atoms with van der Waals surface area (Å²) in [5.74, 6) is 0.836. The van der Waals surface area contributed by atoms with Crippen molar-refractivity contribution >= 4 is 0 Å². The van der Waals surface area contributed by atoms with Gasteiger partial charge in [-0.05, 0) is 55.5 Å². The zero-order chi connectivity index (χ0) is 13.9. The lowest BCUT2D eigenvalue weighted by Gasteiger charge is -2.15. The van der Waals surface area contributed by atoms with Gasteiger partial charge < -0.3 is 9.88 Å². The van der Waals surface area contributed by atoms with E-state index in [1.807, 2.05) is 12.3 Å². The Morgan fingerprint density at radius 2 is 2.25 bits per heavy atom. The first-order valence-electron chi connectivity index (χ1n) is 7.57. The van der Waals surface area contributed by atoms with Crippen LogP contribution in [0.2, 0.25) is 0 Å². The molecule has 1 unspecified atom stereocenters. The van der Waals surface area contributed by atoms with E-state index in [1.165, 1.54) is 24.0 Å². The van der Waals surface area contributed by atoms with Crippen LogP contribution in [0.15, 0.2) is 36.8 Å². The predicted octanol–water partition coefficient (Wildman–Crippen LogP) is 3.30. The van der Waals surface area contributed by atoms with E-state index in [2.05, 4.69) is 53.2 Å². The predicted molar refractivity (Wildman–Crippen MR) is 81.6 cm³/mol. The molecule has 20 heavy (non-hydrogen) atoms. The molecule has 1 aliphatic rings. The molecule has 3 rings (SSSR count). The minimum atomic E-state index is 0.533. The minimum Gasteiger partial charge on any atom is -0.348 e. The van der Waals surface area contributed by atoms with Crippen LogP contribution in [0.4, 0.5) is 0 Å². The van der Waals surface area contributed by atoms with Gasteiger partial charge in [0.2, 0.25) is 0 Å². The first-order chi connectivity index (χ1) is 9.78. The lowest BCUT2D eigenvalue weighted by Crippen LogP contribution is -2.22. The van der Waals surface area contributed by atoms with Crippen LogP contribution in [-0.2, 0) is 6.54 Å². The van der Waals surface area contributed by atoms with Crippen LogP contribution in [0.1, 0.15) is 42.6 Å². The van der Waals surface area contributed by atoms with E-state index < -0.39 is 0 Å². The van der Waals surface area contributed by atoms with E-state index in [4.69, 9.17) is 0 Å². The maximum atomic E-state index is 4.47. The maximum Gasteiger partial charge on any atom is 0.0645 e. The molecule has 3 heteroatoms. The van der Waals surface area contributed by atoms with Crippen LogP contribution in [0.25, 0.3) is 0 Å². The standard InChI is InChI=1S/C17H23N3/c1-3-18-17(14-6-7-14)15-8-10-20(11-15)12-16-13(2)5-4-9-19-16/h4-5,8-11,14,17-18H,3,6-7,12H2,1-2H3. The largest absolute Gasteiger partial charge is 0.348 e. The molecule has 1 fully saturated rings. The van der Waals surface area contributed by atoms with Crippen molar-refractivity contribution < 1.29 is 0 Å². The van der Waals surface area contributed by atoms with Crippen molar-refractivity contribution in [2.45, 2.75) is 39.3 Å². The molecule has 2 heterocycles. The molecule has 3 nitrogen and oxygen atoms in total. The normalized spacial score (nSPS) is 16.3. The summed E-state index contributed by atoms with van der Waals surface area (Å²) >= 11 is 0. The summed E-state index contributed by atoms with van der Waals surface area (Å²) < 4.78 is 2.25. The Hall–Kier alpha value is -1.61. The van der Waals surface area contributed by atoms with Gasteiger partial charge in [0.05, 0.1) is 12.2 Å². The number of rotatable bonds is 6. The maximum absolute atomic E-state index is 4.47. The lowest BCUT2D eigenvalue weighted by molar-refractivity contribution is 0.495. The van der Waals surface area contributed by atoms with E-state index in [0.717, 1.165) is 24.7 Å². The van der Waals surface area contributed by atoms with E-state index in [-0.39, 0.29) is 0 Å². The fourth-order valence-corrected chi connectivity index (χ4v) is 2.80. The fraction of sp³-hybridized carbons (Fsp3) is 0.471. The second kappa shape index (κ2) is 5.80. The van der Waals surface area contributed by atoms with Crippen molar-refractivity contribution in [2.24, 2.45) is 5.92 Å². The quantitative estimate of drug-likeness (QED) is 0.872. The smallest absolute Gasteiger partial charge is 0.0645 e. The Morgan fingerprint density at radius 3 is 2.95 bits per heavy atom. The summed E-state index contributed by atoms with van der Waals surface area (Å²) in [7, 11) is 0. The second-order valence-corrected chi connectivity index (χ2v) is 5.76. The highest BCUT2D eigenvalue weighted by Crippen LogP contribution is 2.41. The van der Waals surface area contributed by atoms with Crippen molar-refractivity contribution in [3.05, 3.63) is 53.6 Å². The Balaban J connectivity index is 1.74. The van der Waals surface area contributed by atoms with Gasteiger partial charge in [0.25, 0.3) is 0 Å². The summed E-state index contributed by atoms with van der Waals surface area (Å²) in [6.45, 7) is 6.20. The third kappa shape index (κ3) is 2.93. The molecule has 0 aliphatic heterocycles. The highest BCUT2D eigenvalue weighted by Gasteiger charge is 2.31. The molecule has 0 radical (unpaired) electrons. The highest BCUT2D eigenvalue weighted by atomic mass is 15.0. The van der Waals surface area contributed by atoms with E-state index in [0.29, 0.717) is 6.04 Å². The highest BCUT2D eigenvalue weighted by molar-refractivity contribution is 5.22. The van der Waals surface area contributed by atoms with Crippen LogP contribution in [-0.4, -0.2) is 16.1 Å². The molecule has 106 valence electrons. The zero-order valence-electron chi connectivity index (χ0n) is 12.3. The molecular weight excluding hydrogens is 246 g/mol. The summed E-state index contributed by atoms with van der Waals surface area (Å²) in [5.41, 5.74) is 3.83. The topological polar surface area (TPSA) is 29.9 Å². The van der Waals surface area contributed by atoms with Crippen LogP contribution >= 0.6 is 0 Å². The molecule has 1 N–H and O–H groups in total. The number of nitrogens with one attached hydrogen (secondary N) is 1. The molecule has 0 spiro atoms.